The molecular formula is C17H28N2O3. The van der Waals surface area contributed by atoms with Crippen LogP contribution in [0.4, 0.5) is 4.79 Å². The smallest absolute Gasteiger partial charge is 0.315 e. The van der Waals surface area contributed by atoms with Crippen molar-refractivity contribution in [3.8, 4) is 5.75 Å². The van der Waals surface area contributed by atoms with Crippen LogP contribution < -0.4 is 15.4 Å². The van der Waals surface area contributed by atoms with Crippen LogP contribution in [0, 0.1) is 5.92 Å². The van der Waals surface area contributed by atoms with E-state index in [0.29, 0.717) is 19.1 Å². The van der Waals surface area contributed by atoms with Crippen LogP contribution in [0.2, 0.25) is 0 Å². The first-order valence-corrected chi connectivity index (χ1v) is 7.82. The molecule has 2 amide bonds. The van der Waals surface area contributed by atoms with Crippen molar-refractivity contribution in [2.24, 2.45) is 5.92 Å². The SMILES string of the molecule is CC(C)c1ccccc1OCCNC(=O)NC(C)C(C)CO. The minimum atomic E-state index is -0.242. The Bertz CT molecular complexity index is 463. The van der Waals surface area contributed by atoms with Gasteiger partial charge in [-0.1, -0.05) is 39.0 Å². The van der Waals surface area contributed by atoms with Crippen LogP contribution in [0.3, 0.4) is 0 Å². The van der Waals surface area contributed by atoms with E-state index in [1.54, 1.807) is 0 Å². The molecule has 0 saturated heterocycles. The number of carbonyl (C=O) groups is 1. The van der Waals surface area contributed by atoms with Crippen molar-refractivity contribution < 1.29 is 14.6 Å². The summed E-state index contributed by atoms with van der Waals surface area (Å²) in [4.78, 5) is 11.7. The third-order valence-corrected chi connectivity index (χ3v) is 3.69. The molecule has 1 rings (SSSR count). The molecule has 5 nitrogen and oxygen atoms in total. The van der Waals surface area contributed by atoms with Gasteiger partial charge in [0.15, 0.2) is 0 Å². The van der Waals surface area contributed by atoms with Crippen LogP contribution in [-0.4, -0.2) is 36.9 Å². The molecule has 5 heteroatoms. The van der Waals surface area contributed by atoms with Crippen LogP contribution in [-0.2, 0) is 0 Å². The van der Waals surface area contributed by atoms with Gasteiger partial charge in [0.25, 0.3) is 0 Å². The Balaban J connectivity index is 2.32. The Labute approximate surface area is 133 Å². The number of carbonyl (C=O) groups excluding carboxylic acids is 1. The number of nitrogens with one attached hydrogen (secondary N) is 2. The predicted octanol–water partition coefficient (Wildman–Crippen LogP) is 2.50. The molecular weight excluding hydrogens is 280 g/mol. The maximum Gasteiger partial charge on any atom is 0.315 e. The normalized spacial score (nSPS) is 13.5. The van der Waals surface area contributed by atoms with Gasteiger partial charge in [-0.3, -0.25) is 0 Å². The lowest BCUT2D eigenvalue weighted by atomic mass is 10.0. The summed E-state index contributed by atoms with van der Waals surface area (Å²) >= 11 is 0. The van der Waals surface area contributed by atoms with Crippen LogP contribution in [0.1, 0.15) is 39.2 Å². The molecule has 0 fully saturated rings. The Morgan fingerprint density at radius 2 is 1.91 bits per heavy atom. The van der Waals surface area contributed by atoms with E-state index in [2.05, 4.69) is 30.5 Å². The second-order valence-corrected chi connectivity index (χ2v) is 5.89. The minimum Gasteiger partial charge on any atom is -0.491 e. The molecule has 0 aliphatic carbocycles. The summed E-state index contributed by atoms with van der Waals surface area (Å²) in [6.45, 7) is 8.90. The van der Waals surface area contributed by atoms with E-state index in [1.807, 2.05) is 32.0 Å². The number of aliphatic hydroxyl groups is 1. The Morgan fingerprint density at radius 1 is 1.23 bits per heavy atom. The van der Waals surface area contributed by atoms with Gasteiger partial charge in [0.2, 0.25) is 0 Å². The molecule has 2 atom stereocenters. The number of benzene rings is 1. The van der Waals surface area contributed by atoms with E-state index < -0.39 is 0 Å². The van der Waals surface area contributed by atoms with Gasteiger partial charge in [0.1, 0.15) is 12.4 Å². The molecule has 0 spiro atoms. The number of rotatable bonds is 8. The van der Waals surface area contributed by atoms with E-state index in [1.165, 1.54) is 0 Å². The molecule has 0 aromatic heterocycles. The second kappa shape index (κ2) is 9.30. The second-order valence-electron chi connectivity index (χ2n) is 5.89. The summed E-state index contributed by atoms with van der Waals surface area (Å²) in [5.74, 6) is 1.29. The van der Waals surface area contributed by atoms with Crippen molar-refractivity contribution in [2.75, 3.05) is 19.8 Å². The maximum absolute atomic E-state index is 11.7. The lowest BCUT2D eigenvalue weighted by molar-refractivity contribution is 0.199. The van der Waals surface area contributed by atoms with Gasteiger partial charge in [-0.15, -0.1) is 0 Å². The fraction of sp³-hybridized carbons (Fsp3) is 0.588. The number of hydrogen-bond donors (Lipinski definition) is 3. The highest BCUT2D eigenvalue weighted by molar-refractivity contribution is 5.74. The number of urea groups is 1. The maximum atomic E-state index is 11.7. The highest BCUT2D eigenvalue weighted by Gasteiger charge is 2.13. The van der Waals surface area contributed by atoms with Crippen molar-refractivity contribution in [2.45, 2.75) is 39.7 Å². The van der Waals surface area contributed by atoms with Gasteiger partial charge in [-0.05, 0) is 30.4 Å². The summed E-state index contributed by atoms with van der Waals surface area (Å²) in [6.07, 6.45) is 0. The molecule has 1 aromatic carbocycles. The molecule has 124 valence electrons. The first kappa shape index (κ1) is 18.3. The largest absolute Gasteiger partial charge is 0.491 e. The van der Waals surface area contributed by atoms with Gasteiger partial charge >= 0.3 is 6.03 Å². The zero-order valence-corrected chi connectivity index (χ0v) is 13.9. The summed E-state index contributed by atoms with van der Waals surface area (Å²) in [6, 6.07) is 7.62. The summed E-state index contributed by atoms with van der Waals surface area (Å²) in [7, 11) is 0. The molecule has 0 heterocycles. The molecule has 0 bridgehead atoms. The fourth-order valence-corrected chi connectivity index (χ4v) is 1.97. The van der Waals surface area contributed by atoms with E-state index in [-0.39, 0.29) is 24.6 Å². The van der Waals surface area contributed by atoms with Crippen LogP contribution >= 0.6 is 0 Å². The zero-order chi connectivity index (χ0) is 16.5. The fourth-order valence-electron chi connectivity index (χ4n) is 1.97. The summed E-state index contributed by atoms with van der Waals surface area (Å²) in [5.41, 5.74) is 1.16. The number of aliphatic hydroxyl groups excluding tert-OH is 1. The average Bonchev–Trinajstić information content (AvgIpc) is 2.50. The van der Waals surface area contributed by atoms with Crippen molar-refractivity contribution in [1.82, 2.24) is 10.6 Å². The monoisotopic (exact) mass is 308 g/mol. The summed E-state index contributed by atoms with van der Waals surface area (Å²) < 4.78 is 5.74. The van der Waals surface area contributed by atoms with Gasteiger partial charge in [-0.2, -0.15) is 0 Å². The standard InChI is InChI=1S/C17H28N2O3/c1-12(2)15-7-5-6-8-16(15)22-10-9-18-17(21)19-14(4)13(3)11-20/h5-8,12-14,20H,9-11H2,1-4H3,(H2,18,19,21). The Kier molecular flexibility index (Phi) is 7.74. The van der Waals surface area contributed by atoms with Crippen molar-refractivity contribution >= 4 is 6.03 Å². The predicted molar refractivity (Wildman–Crippen MR) is 88.3 cm³/mol. The first-order valence-electron chi connectivity index (χ1n) is 7.82. The van der Waals surface area contributed by atoms with Crippen LogP contribution in [0.15, 0.2) is 24.3 Å². The molecule has 22 heavy (non-hydrogen) atoms. The van der Waals surface area contributed by atoms with Gasteiger partial charge in [-0.25, -0.2) is 4.79 Å². The van der Waals surface area contributed by atoms with Crippen LogP contribution in [0.5, 0.6) is 5.75 Å². The molecule has 2 unspecified atom stereocenters. The zero-order valence-electron chi connectivity index (χ0n) is 13.9. The molecule has 0 aliphatic heterocycles. The van der Waals surface area contributed by atoms with Crippen LogP contribution in [0.25, 0.3) is 0 Å². The first-order chi connectivity index (χ1) is 10.5. The quantitative estimate of drug-likeness (QED) is 0.646. The number of para-hydroxylation sites is 1. The van der Waals surface area contributed by atoms with E-state index in [9.17, 15) is 4.79 Å². The van der Waals surface area contributed by atoms with Gasteiger partial charge in [0.05, 0.1) is 6.54 Å². The van der Waals surface area contributed by atoms with E-state index in [4.69, 9.17) is 9.84 Å². The average molecular weight is 308 g/mol. The summed E-state index contributed by atoms with van der Waals surface area (Å²) in [5, 5.41) is 14.6. The Morgan fingerprint density at radius 3 is 2.55 bits per heavy atom. The number of amides is 2. The lowest BCUT2D eigenvalue weighted by Gasteiger charge is -2.19. The van der Waals surface area contributed by atoms with Crippen molar-refractivity contribution in [3.05, 3.63) is 29.8 Å². The molecule has 3 N–H and O–H groups in total. The third-order valence-electron chi connectivity index (χ3n) is 3.69. The number of ether oxygens (including phenoxy) is 1. The third kappa shape index (κ3) is 5.93. The number of hydrogen-bond acceptors (Lipinski definition) is 3. The topological polar surface area (TPSA) is 70.6 Å². The Hall–Kier alpha value is -1.75. The molecule has 0 aliphatic rings. The van der Waals surface area contributed by atoms with Gasteiger partial charge in [0, 0.05) is 12.6 Å². The highest BCUT2D eigenvalue weighted by atomic mass is 16.5. The van der Waals surface area contributed by atoms with E-state index in [0.717, 1.165) is 11.3 Å². The molecule has 0 radical (unpaired) electrons. The van der Waals surface area contributed by atoms with Crippen molar-refractivity contribution in [3.63, 3.8) is 0 Å². The highest BCUT2D eigenvalue weighted by Crippen LogP contribution is 2.25. The van der Waals surface area contributed by atoms with Gasteiger partial charge < -0.3 is 20.5 Å². The molecule has 0 saturated carbocycles. The lowest BCUT2D eigenvalue weighted by Crippen LogP contribution is -2.45. The van der Waals surface area contributed by atoms with Crippen molar-refractivity contribution in [1.29, 1.82) is 0 Å². The molecule has 1 aromatic rings. The minimum absolute atomic E-state index is 0.0277. The van der Waals surface area contributed by atoms with E-state index >= 15 is 0 Å².